The maximum Gasteiger partial charge on any atom is 0.242 e. The second kappa shape index (κ2) is 6.39. The molecule has 0 bridgehead atoms. The quantitative estimate of drug-likeness (QED) is 0.925. The Labute approximate surface area is 124 Å². The molecular formula is C13H18ClFN2O2S. The predicted octanol–water partition coefficient (Wildman–Crippen LogP) is 2.24. The van der Waals surface area contributed by atoms with Gasteiger partial charge in [-0.1, -0.05) is 18.0 Å². The number of nitrogens with one attached hydrogen (secondary N) is 1. The van der Waals surface area contributed by atoms with Crippen molar-refractivity contribution in [2.24, 2.45) is 0 Å². The maximum absolute atomic E-state index is 13.1. The highest BCUT2D eigenvalue weighted by molar-refractivity contribution is 7.89. The summed E-state index contributed by atoms with van der Waals surface area (Å²) in [6.45, 7) is 1.32. The van der Waals surface area contributed by atoms with Gasteiger partial charge in [-0.2, -0.15) is 4.31 Å². The molecule has 112 valence electrons. The van der Waals surface area contributed by atoms with Crippen molar-refractivity contribution in [1.29, 1.82) is 0 Å². The number of piperidine rings is 1. The molecule has 1 heterocycles. The minimum Gasteiger partial charge on any atom is -0.313 e. The highest BCUT2D eigenvalue weighted by Gasteiger charge is 2.25. The number of sulfonamides is 1. The number of nitrogens with zero attached hydrogens (tertiary/aromatic N) is 1. The van der Waals surface area contributed by atoms with Gasteiger partial charge < -0.3 is 5.32 Å². The molecule has 7 heteroatoms. The van der Waals surface area contributed by atoms with Gasteiger partial charge in [0.05, 0.1) is 9.92 Å². The fraction of sp³-hybridized carbons (Fsp3) is 0.538. The van der Waals surface area contributed by atoms with E-state index in [1.165, 1.54) is 17.4 Å². The van der Waals surface area contributed by atoms with Crippen LogP contribution in [-0.4, -0.2) is 38.9 Å². The van der Waals surface area contributed by atoms with Crippen molar-refractivity contribution in [2.45, 2.75) is 30.2 Å². The van der Waals surface area contributed by atoms with Crippen LogP contribution < -0.4 is 5.32 Å². The lowest BCUT2D eigenvalue weighted by molar-refractivity contribution is 0.337. The zero-order valence-corrected chi connectivity index (χ0v) is 12.8. The SMILES string of the molecule is CN(CC1CCCCN1)S(=O)(=O)c1ccc(F)c(Cl)c1. The summed E-state index contributed by atoms with van der Waals surface area (Å²) >= 11 is 5.65. The molecule has 0 aromatic heterocycles. The minimum absolute atomic E-state index is 0.0159. The maximum atomic E-state index is 13.1. The molecule has 1 aromatic rings. The van der Waals surface area contributed by atoms with Crippen LogP contribution in [-0.2, 0) is 10.0 Å². The molecule has 0 amide bonds. The molecule has 20 heavy (non-hydrogen) atoms. The van der Waals surface area contributed by atoms with Crippen LogP contribution in [0, 0.1) is 5.82 Å². The third-order valence-electron chi connectivity index (χ3n) is 3.49. The average molecular weight is 321 g/mol. The van der Waals surface area contributed by atoms with Crippen LogP contribution in [0.15, 0.2) is 23.1 Å². The van der Waals surface area contributed by atoms with E-state index in [9.17, 15) is 12.8 Å². The molecular weight excluding hydrogens is 303 g/mol. The van der Waals surface area contributed by atoms with Gasteiger partial charge in [0.15, 0.2) is 0 Å². The monoisotopic (exact) mass is 320 g/mol. The summed E-state index contributed by atoms with van der Waals surface area (Å²) in [7, 11) is -2.10. The van der Waals surface area contributed by atoms with E-state index in [4.69, 9.17) is 11.6 Å². The summed E-state index contributed by atoms with van der Waals surface area (Å²) in [6.07, 6.45) is 3.19. The van der Waals surface area contributed by atoms with Gasteiger partial charge in [0, 0.05) is 19.6 Å². The minimum atomic E-state index is -3.64. The van der Waals surface area contributed by atoms with Crippen molar-refractivity contribution in [1.82, 2.24) is 9.62 Å². The first-order valence-corrected chi connectivity index (χ1v) is 8.38. The highest BCUT2D eigenvalue weighted by Crippen LogP contribution is 2.22. The molecule has 0 spiro atoms. The topological polar surface area (TPSA) is 49.4 Å². The van der Waals surface area contributed by atoms with Crippen LogP contribution in [0.3, 0.4) is 0 Å². The van der Waals surface area contributed by atoms with E-state index in [1.807, 2.05) is 0 Å². The molecule has 1 aromatic carbocycles. The van der Waals surface area contributed by atoms with Crippen molar-refractivity contribution in [3.05, 3.63) is 29.0 Å². The van der Waals surface area contributed by atoms with E-state index in [0.29, 0.717) is 6.54 Å². The molecule has 0 aliphatic carbocycles. The van der Waals surface area contributed by atoms with Crippen molar-refractivity contribution >= 4 is 21.6 Å². The van der Waals surface area contributed by atoms with Crippen molar-refractivity contribution in [3.8, 4) is 0 Å². The first-order chi connectivity index (χ1) is 9.41. The Morgan fingerprint density at radius 3 is 2.80 bits per heavy atom. The van der Waals surface area contributed by atoms with Gasteiger partial charge >= 0.3 is 0 Å². The Hall–Kier alpha value is -0.690. The third kappa shape index (κ3) is 3.49. The number of hydrogen-bond acceptors (Lipinski definition) is 3. The lowest BCUT2D eigenvalue weighted by Gasteiger charge is -2.27. The summed E-state index contributed by atoms with van der Waals surface area (Å²) < 4.78 is 39.2. The largest absolute Gasteiger partial charge is 0.313 e. The van der Waals surface area contributed by atoms with Crippen molar-refractivity contribution in [3.63, 3.8) is 0 Å². The molecule has 1 saturated heterocycles. The standard InChI is InChI=1S/C13H18ClFN2O2S/c1-17(9-10-4-2-3-7-16-10)20(18,19)11-5-6-13(15)12(14)8-11/h5-6,8,10,16H,2-4,7,9H2,1H3. The first kappa shape index (κ1) is 15.7. The lowest BCUT2D eigenvalue weighted by Crippen LogP contribution is -2.44. The molecule has 4 nitrogen and oxygen atoms in total. The van der Waals surface area contributed by atoms with Crippen LogP contribution in [0.1, 0.15) is 19.3 Å². The van der Waals surface area contributed by atoms with Crippen molar-refractivity contribution < 1.29 is 12.8 Å². The summed E-state index contributed by atoms with van der Waals surface area (Å²) in [5, 5.41) is 3.12. The van der Waals surface area contributed by atoms with Gasteiger partial charge in [0.1, 0.15) is 5.82 Å². The van der Waals surface area contributed by atoms with Gasteiger partial charge in [-0.3, -0.25) is 0 Å². The number of hydrogen-bond donors (Lipinski definition) is 1. The molecule has 1 atom stereocenters. The molecule has 1 aliphatic rings. The van der Waals surface area contributed by atoms with Gasteiger partial charge in [0.25, 0.3) is 0 Å². The number of halogens is 2. The second-order valence-corrected chi connectivity index (χ2v) is 7.46. The predicted molar refractivity (Wildman–Crippen MR) is 76.9 cm³/mol. The lowest BCUT2D eigenvalue weighted by atomic mass is 10.1. The fourth-order valence-electron chi connectivity index (χ4n) is 2.31. The van der Waals surface area contributed by atoms with E-state index < -0.39 is 15.8 Å². The van der Waals surface area contributed by atoms with Crippen LogP contribution in [0.2, 0.25) is 5.02 Å². The zero-order valence-electron chi connectivity index (χ0n) is 11.3. The van der Waals surface area contributed by atoms with Gasteiger partial charge in [-0.25, -0.2) is 12.8 Å². The molecule has 1 unspecified atom stereocenters. The van der Waals surface area contributed by atoms with Gasteiger partial charge in [-0.15, -0.1) is 0 Å². The summed E-state index contributed by atoms with van der Waals surface area (Å²) in [5.41, 5.74) is 0. The van der Waals surface area contributed by atoms with Crippen LogP contribution in [0.5, 0.6) is 0 Å². The number of likely N-dealkylation sites (N-methyl/N-ethyl adjacent to an activating group) is 1. The van der Waals surface area contributed by atoms with Crippen LogP contribution >= 0.6 is 11.6 Å². The van der Waals surface area contributed by atoms with E-state index >= 15 is 0 Å². The van der Waals surface area contributed by atoms with E-state index in [0.717, 1.165) is 37.9 Å². The number of rotatable bonds is 4. The summed E-state index contributed by atoms with van der Waals surface area (Å²) in [4.78, 5) is 0.0159. The molecule has 0 saturated carbocycles. The zero-order chi connectivity index (χ0) is 14.8. The normalized spacial score (nSPS) is 20.3. The molecule has 1 N–H and O–H groups in total. The molecule has 1 fully saturated rings. The van der Waals surface area contributed by atoms with E-state index in [-0.39, 0.29) is 16.0 Å². The first-order valence-electron chi connectivity index (χ1n) is 6.56. The Morgan fingerprint density at radius 2 is 2.20 bits per heavy atom. The average Bonchev–Trinajstić information content (AvgIpc) is 2.42. The smallest absolute Gasteiger partial charge is 0.242 e. The Bertz CT molecular complexity index is 574. The van der Waals surface area contributed by atoms with Crippen LogP contribution in [0.4, 0.5) is 4.39 Å². The van der Waals surface area contributed by atoms with Crippen LogP contribution in [0.25, 0.3) is 0 Å². The fourth-order valence-corrected chi connectivity index (χ4v) is 3.79. The van der Waals surface area contributed by atoms with Gasteiger partial charge in [-0.05, 0) is 37.6 Å². The molecule has 2 rings (SSSR count). The number of benzene rings is 1. The highest BCUT2D eigenvalue weighted by atomic mass is 35.5. The van der Waals surface area contributed by atoms with E-state index in [2.05, 4.69) is 5.32 Å². The summed E-state index contributed by atoms with van der Waals surface area (Å²) in [5.74, 6) is -0.623. The Balaban J connectivity index is 2.13. The van der Waals surface area contributed by atoms with E-state index in [1.54, 1.807) is 0 Å². The van der Waals surface area contributed by atoms with Crippen molar-refractivity contribution in [2.75, 3.05) is 20.1 Å². The molecule has 0 radical (unpaired) electrons. The Kier molecular flexibility index (Phi) is 5.01. The third-order valence-corrected chi connectivity index (χ3v) is 5.60. The molecule has 1 aliphatic heterocycles. The summed E-state index contributed by atoms with van der Waals surface area (Å²) in [6, 6.07) is 3.62. The second-order valence-electron chi connectivity index (χ2n) is 5.01. The van der Waals surface area contributed by atoms with Gasteiger partial charge in [0.2, 0.25) is 10.0 Å². The Morgan fingerprint density at radius 1 is 1.45 bits per heavy atom.